The lowest BCUT2D eigenvalue weighted by atomic mass is 9.71. The molecule has 0 radical (unpaired) electrons. The van der Waals surface area contributed by atoms with Crippen molar-refractivity contribution in [3.05, 3.63) is 92.3 Å². The fourth-order valence-corrected chi connectivity index (χ4v) is 4.86. The molecule has 0 amide bonds. The van der Waals surface area contributed by atoms with E-state index in [1.54, 1.807) is 6.92 Å². The number of carbonyl (C=O) groups is 2. The highest BCUT2D eigenvalue weighted by Crippen LogP contribution is 2.46. The number of nitrogens with zero attached hydrogens (tertiary/aromatic N) is 1. The van der Waals surface area contributed by atoms with Gasteiger partial charge >= 0.3 is 11.7 Å². The van der Waals surface area contributed by atoms with Crippen LogP contribution >= 0.6 is 0 Å². The molecule has 2 aromatic carbocycles. The number of nitro benzene ring substituents is 1. The second-order valence-corrected chi connectivity index (χ2v) is 8.92. The molecule has 2 atom stereocenters. The molecule has 1 aliphatic heterocycles. The molecule has 8 heteroatoms. The highest BCUT2D eigenvalue weighted by Gasteiger charge is 2.42. The number of nitro groups is 1. The minimum atomic E-state index is -0.830. The van der Waals surface area contributed by atoms with E-state index in [1.165, 1.54) is 18.2 Å². The number of benzene rings is 2. The standard InChI is InChI=1S/C27H28N2O6/c1-3-4-12-35-27(32)24-16(2)28-20-13-19(17-8-6-5-7-9-17)15-23(31)26(20)25(24)18-10-11-22(30)21(14-18)29(33)34/h5-11,14,19,25,28,30H,3-4,12-13,15H2,1-2H3/t19-,25-/m0/s1. The van der Waals surface area contributed by atoms with Crippen molar-refractivity contribution in [2.75, 3.05) is 6.61 Å². The fraction of sp³-hybridized carbons (Fsp3) is 0.333. The second kappa shape index (κ2) is 10.1. The van der Waals surface area contributed by atoms with Gasteiger partial charge in [0, 0.05) is 35.4 Å². The number of aromatic hydroxyl groups is 1. The molecule has 2 aromatic rings. The number of dihydropyridines is 1. The van der Waals surface area contributed by atoms with Crippen LogP contribution in [0.25, 0.3) is 0 Å². The molecule has 0 bridgehead atoms. The minimum Gasteiger partial charge on any atom is -0.502 e. The Morgan fingerprint density at radius 2 is 1.91 bits per heavy atom. The number of ether oxygens (including phenoxy) is 1. The Hall–Kier alpha value is -3.94. The fourth-order valence-electron chi connectivity index (χ4n) is 4.86. The quantitative estimate of drug-likeness (QED) is 0.250. The summed E-state index contributed by atoms with van der Waals surface area (Å²) in [7, 11) is 0. The average Bonchev–Trinajstić information content (AvgIpc) is 2.83. The van der Waals surface area contributed by atoms with Crippen molar-refractivity contribution in [3.8, 4) is 5.75 Å². The van der Waals surface area contributed by atoms with Crippen LogP contribution in [0.5, 0.6) is 5.75 Å². The molecule has 35 heavy (non-hydrogen) atoms. The van der Waals surface area contributed by atoms with Crippen LogP contribution in [0.1, 0.15) is 62.5 Å². The molecule has 8 nitrogen and oxygen atoms in total. The summed E-state index contributed by atoms with van der Waals surface area (Å²) >= 11 is 0. The lowest BCUT2D eigenvalue weighted by Crippen LogP contribution is -2.36. The molecular formula is C27H28N2O6. The molecule has 0 aromatic heterocycles. The monoisotopic (exact) mass is 476 g/mol. The summed E-state index contributed by atoms with van der Waals surface area (Å²) in [6, 6.07) is 13.8. The molecule has 0 spiro atoms. The van der Waals surface area contributed by atoms with Gasteiger partial charge in [-0.05, 0) is 42.9 Å². The third kappa shape index (κ3) is 4.82. The number of allylic oxidation sites excluding steroid dienone is 3. The molecule has 4 rings (SSSR count). The van der Waals surface area contributed by atoms with E-state index in [4.69, 9.17) is 4.74 Å². The van der Waals surface area contributed by atoms with Crippen molar-refractivity contribution in [2.24, 2.45) is 0 Å². The van der Waals surface area contributed by atoms with Gasteiger partial charge < -0.3 is 15.2 Å². The number of ketones is 1. The van der Waals surface area contributed by atoms with Crippen LogP contribution in [0.15, 0.2) is 71.1 Å². The maximum atomic E-state index is 13.6. The molecule has 2 N–H and O–H groups in total. The summed E-state index contributed by atoms with van der Waals surface area (Å²) in [6.07, 6.45) is 2.38. The van der Waals surface area contributed by atoms with E-state index in [9.17, 15) is 24.8 Å². The SMILES string of the molecule is CCCCOC(=O)C1=C(C)NC2=C(C(=O)C[C@@H](c3ccccc3)C2)[C@H]1c1ccc(O)c([N+](=O)[O-])c1. The van der Waals surface area contributed by atoms with Gasteiger partial charge in [0.15, 0.2) is 11.5 Å². The molecule has 0 fully saturated rings. The topological polar surface area (TPSA) is 119 Å². The largest absolute Gasteiger partial charge is 0.502 e. The number of carbonyl (C=O) groups excluding carboxylic acids is 2. The normalized spacial score (nSPS) is 19.8. The molecule has 0 saturated heterocycles. The van der Waals surface area contributed by atoms with Crippen molar-refractivity contribution in [2.45, 2.75) is 51.4 Å². The first-order valence-corrected chi connectivity index (χ1v) is 11.7. The van der Waals surface area contributed by atoms with Gasteiger partial charge in [0.05, 0.1) is 17.1 Å². The third-order valence-corrected chi connectivity index (χ3v) is 6.58. The minimum absolute atomic E-state index is 0.0180. The van der Waals surface area contributed by atoms with Crippen molar-refractivity contribution in [1.82, 2.24) is 5.32 Å². The number of rotatable bonds is 7. The van der Waals surface area contributed by atoms with Gasteiger partial charge in [0.2, 0.25) is 0 Å². The van der Waals surface area contributed by atoms with E-state index in [-0.39, 0.29) is 30.3 Å². The van der Waals surface area contributed by atoms with Crippen molar-refractivity contribution < 1.29 is 24.4 Å². The van der Waals surface area contributed by atoms with Gasteiger partial charge in [-0.1, -0.05) is 49.7 Å². The smallest absolute Gasteiger partial charge is 0.336 e. The zero-order valence-electron chi connectivity index (χ0n) is 19.7. The predicted molar refractivity (Wildman–Crippen MR) is 130 cm³/mol. The van der Waals surface area contributed by atoms with E-state index in [0.29, 0.717) is 35.4 Å². The number of phenols is 1. The first-order valence-electron chi connectivity index (χ1n) is 11.7. The van der Waals surface area contributed by atoms with Crippen LogP contribution in [0, 0.1) is 10.1 Å². The molecule has 1 aliphatic carbocycles. The molecule has 1 heterocycles. The van der Waals surface area contributed by atoms with Gasteiger partial charge in [-0.15, -0.1) is 0 Å². The van der Waals surface area contributed by atoms with Crippen molar-refractivity contribution in [3.63, 3.8) is 0 Å². The number of unbranched alkanes of at least 4 members (excludes halogenated alkanes) is 1. The van der Waals surface area contributed by atoms with E-state index in [1.807, 2.05) is 37.3 Å². The summed E-state index contributed by atoms with van der Waals surface area (Å²) in [5, 5.41) is 24.8. The Labute approximate surface area is 203 Å². The summed E-state index contributed by atoms with van der Waals surface area (Å²) in [5.41, 5.74) is 2.89. The number of nitrogens with one attached hydrogen (secondary N) is 1. The van der Waals surface area contributed by atoms with E-state index >= 15 is 0 Å². The van der Waals surface area contributed by atoms with Crippen LogP contribution in [0.2, 0.25) is 0 Å². The lowest BCUT2D eigenvalue weighted by Gasteiger charge is -2.36. The second-order valence-electron chi connectivity index (χ2n) is 8.92. The van der Waals surface area contributed by atoms with E-state index in [0.717, 1.165) is 12.0 Å². The first-order chi connectivity index (χ1) is 16.8. The highest BCUT2D eigenvalue weighted by atomic mass is 16.6. The summed E-state index contributed by atoms with van der Waals surface area (Å²) in [5.74, 6) is -2.01. The lowest BCUT2D eigenvalue weighted by molar-refractivity contribution is -0.385. The summed E-state index contributed by atoms with van der Waals surface area (Å²) < 4.78 is 5.50. The van der Waals surface area contributed by atoms with Gasteiger partial charge in [0.1, 0.15) is 0 Å². The zero-order chi connectivity index (χ0) is 25.1. The van der Waals surface area contributed by atoms with Crippen LogP contribution in [-0.4, -0.2) is 28.4 Å². The maximum Gasteiger partial charge on any atom is 0.336 e. The maximum absolute atomic E-state index is 13.6. The van der Waals surface area contributed by atoms with E-state index < -0.39 is 28.2 Å². The molecule has 2 aliphatic rings. The Kier molecular flexibility index (Phi) is 7.00. The van der Waals surface area contributed by atoms with E-state index in [2.05, 4.69) is 5.32 Å². The van der Waals surface area contributed by atoms with Crippen LogP contribution in [0.3, 0.4) is 0 Å². The molecule has 182 valence electrons. The van der Waals surface area contributed by atoms with Crippen LogP contribution < -0.4 is 5.32 Å². The van der Waals surface area contributed by atoms with Gasteiger partial charge in [-0.25, -0.2) is 4.79 Å². The zero-order valence-corrected chi connectivity index (χ0v) is 19.7. The number of hydrogen-bond donors (Lipinski definition) is 2. The third-order valence-electron chi connectivity index (χ3n) is 6.58. The number of hydrogen-bond acceptors (Lipinski definition) is 7. The van der Waals surface area contributed by atoms with Gasteiger partial charge in [-0.3, -0.25) is 14.9 Å². The number of phenolic OH excluding ortho intramolecular Hbond substituents is 1. The molecule has 0 saturated carbocycles. The van der Waals surface area contributed by atoms with Gasteiger partial charge in [0.25, 0.3) is 0 Å². The molecule has 0 unspecified atom stereocenters. The predicted octanol–water partition coefficient (Wildman–Crippen LogP) is 5.01. The average molecular weight is 477 g/mol. The van der Waals surface area contributed by atoms with Crippen LogP contribution in [-0.2, 0) is 14.3 Å². The van der Waals surface area contributed by atoms with Crippen LogP contribution in [0.4, 0.5) is 5.69 Å². The summed E-state index contributed by atoms with van der Waals surface area (Å²) in [6.45, 7) is 3.98. The Morgan fingerprint density at radius 3 is 2.60 bits per heavy atom. The molecular weight excluding hydrogens is 448 g/mol. The van der Waals surface area contributed by atoms with Gasteiger partial charge in [-0.2, -0.15) is 0 Å². The number of esters is 1. The Bertz CT molecular complexity index is 1230. The first kappa shape index (κ1) is 24.2. The van der Waals surface area contributed by atoms with Crippen molar-refractivity contribution >= 4 is 17.4 Å². The Balaban J connectivity index is 1.81. The Morgan fingerprint density at radius 1 is 1.17 bits per heavy atom. The highest BCUT2D eigenvalue weighted by molar-refractivity contribution is 6.04. The summed E-state index contributed by atoms with van der Waals surface area (Å²) in [4.78, 5) is 37.6. The van der Waals surface area contributed by atoms with Crippen molar-refractivity contribution in [1.29, 1.82) is 0 Å². The number of Topliss-reactive ketones (excluding diaryl/α,β-unsaturated/α-hetero) is 1.